The van der Waals surface area contributed by atoms with Gasteiger partial charge in [-0.1, -0.05) is 6.07 Å². The highest BCUT2D eigenvalue weighted by Gasteiger charge is 2.46. The van der Waals surface area contributed by atoms with Crippen LogP contribution < -0.4 is 10.5 Å². The third-order valence-corrected chi connectivity index (χ3v) is 5.08. The van der Waals surface area contributed by atoms with E-state index in [1.807, 2.05) is 0 Å². The molecule has 2 aliphatic heterocycles. The van der Waals surface area contributed by atoms with Gasteiger partial charge >= 0.3 is 0 Å². The molecule has 0 saturated heterocycles. The van der Waals surface area contributed by atoms with Crippen molar-refractivity contribution in [1.82, 2.24) is 4.98 Å². The molecule has 1 unspecified atom stereocenters. The summed E-state index contributed by atoms with van der Waals surface area (Å²) in [6, 6.07) is 10.6. The highest BCUT2D eigenvalue weighted by molar-refractivity contribution is 5.84. The summed E-state index contributed by atoms with van der Waals surface area (Å²) in [6.07, 6.45) is 1.36. The fraction of sp³-hybridized carbons (Fsp3) is 0.143. The van der Waals surface area contributed by atoms with Gasteiger partial charge in [0.2, 0.25) is 5.95 Å². The van der Waals surface area contributed by atoms with Crippen LogP contribution >= 0.6 is 0 Å². The monoisotopic (exact) mass is 395 g/mol. The molecule has 0 fully saturated rings. The van der Waals surface area contributed by atoms with Crippen molar-refractivity contribution in [3.05, 3.63) is 71.6 Å². The molecule has 29 heavy (non-hydrogen) atoms. The van der Waals surface area contributed by atoms with Crippen molar-refractivity contribution in [2.45, 2.75) is 5.54 Å². The number of nitrogens with zero attached hydrogens (tertiary/aromatic N) is 2. The van der Waals surface area contributed by atoms with Crippen molar-refractivity contribution >= 4 is 5.84 Å². The van der Waals surface area contributed by atoms with Gasteiger partial charge in [-0.15, -0.1) is 0 Å². The first-order valence-electron chi connectivity index (χ1n) is 8.86. The Morgan fingerprint density at radius 1 is 1.10 bits per heavy atom. The predicted molar refractivity (Wildman–Crippen MR) is 101 cm³/mol. The van der Waals surface area contributed by atoms with Crippen molar-refractivity contribution in [1.29, 1.82) is 0 Å². The molecule has 8 heteroatoms. The molecule has 0 aliphatic carbocycles. The first kappa shape index (κ1) is 17.6. The number of phenolic OH excluding ortho intramolecular Hbond substituents is 1. The summed E-state index contributed by atoms with van der Waals surface area (Å²) in [6.45, 7) is 0.185. The van der Waals surface area contributed by atoms with Crippen molar-refractivity contribution in [3.8, 4) is 28.4 Å². The minimum absolute atomic E-state index is 0.0545. The van der Waals surface area contributed by atoms with Gasteiger partial charge in [-0.3, -0.25) is 4.99 Å². The minimum Gasteiger partial charge on any atom is -0.508 e. The van der Waals surface area contributed by atoms with Crippen LogP contribution in [-0.4, -0.2) is 29.1 Å². The second-order valence-corrected chi connectivity index (χ2v) is 6.92. The van der Waals surface area contributed by atoms with Crippen molar-refractivity contribution in [2.75, 3.05) is 13.2 Å². The number of aromatic hydroxyl groups is 1. The van der Waals surface area contributed by atoms with Crippen LogP contribution in [0, 0.1) is 11.8 Å². The van der Waals surface area contributed by atoms with E-state index in [-0.39, 0.29) is 36.1 Å². The van der Waals surface area contributed by atoms with Crippen LogP contribution in [0.25, 0.3) is 11.1 Å². The van der Waals surface area contributed by atoms with Crippen LogP contribution in [0.4, 0.5) is 8.78 Å². The Bertz CT molecular complexity index is 1180. The van der Waals surface area contributed by atoms with E-state index < -0.39 is 17.3 Å². The molecule has 1 spiro atoms. The number of fused-ring (bicyclic) bond motifs is 4. The number of halogens is 2. The molecule has 3 heterocycles. The van der Waals surface area contributed by atoms with E-state index in [2.05, 4.69) is 9.98 Å². The SMILES string of the molecule is NC1=NC2(COC1)c1cc(-c3cccnc3F)ccc1Oc1c(F)cc(O)cc12. The lowest BCUT2D eigenvalue weighted by Gasteiger charge is -2.39. The zero-order valence-electron chi connectivity index (χ0n) is 15.0. The summed E-state index contributed by atoms with van der Waals surface area (Å²) in [4.78, 5) is 8.29. The van der Waals surface area contributed by atoms with Gasteiger partial charge in [0, 0.05) is 29.0 Å². The topological polar surface area (TPSA) is 90.0 Å². The molecule has 3 N–H and O–H groups in total. The molecule has 0 radical (unpaired) electrons. The third-order valence-electron chi connectivity index (χ3n) is 5.08. The smallest absolute Gasteiger partial charge is 0.220 e. The van der Waals surface area contributed by atoms with Crippen molar-refractivity contribution in [3.63, 3.8) is 0 Å². The first-order chi connectivity index (χ1) is 14.0. The zero-order chi connectivity index (χ0) is 20.2. The van der Waals surface area contributed by atoms with Gasteiger partial charge in [0.1, 0.15) is 29.5 Å². The molecule has 0 saturated carbocycles. The molecule has 2 aromatic carbocycles. The lowest BCUT2D eigenvalue weighted by Crippen LogP contribution is -2.42. The number of hydrogen-bond acceptors (Lipinski definition) is 6. The Labute approximate surface area is 164 Å². The highest BCUT2D eigenvalue weighted by Crippen LogP contribution is 2.52. The molecule has 3 aromatic rings. The summed E-state index contributed by atoms with van der Waals surface area (Å²) in [7, 11) is 0. The fourth-order valence-electron chi connectivity index (χ4n) is 3.85. The van der Waals surface area contributed by atoms with E-state index in [1.54, 1.807) is 30.3 Å². The van der Waals surface area contributed by atoms with Gasteiger partial charge in [-0.05, 0) is 35.9 Å². The number of benzene rings is 2. The average molecular weight is 395 g/mol. The van der Waals surface area contributed by atoms with Crippen LogP contribution in [0.3, 0.4) is 0 Å². The molecular weight excluding hydrogens is 380 g/mol. The van der Waals surface area contributed by atoms with Crippen molar-refractivity contribution in [2.24, 2.45) is 10.7 Å². The summed E-state index contributed by atoms with van der Waals surface area (Å²) in [5.74, 6) is -1.12. The standard InChI is InChI=1S/C21H15F2N3O3/c22-16-8-12(27)7-15-19(16)29-17-4-3-11(13-2-1-5-25-20(13)23)6-14(17)21(15)10-28-9-18(24)26-21/h1-8,27H,9-10H2,(H2,24,26). The molecule has 0 amide bonds. The number of amidine groups is 1. The Balaban J connectivity index is 1.80. The molecular formula is C21H15F2N3O3. The number of aromatic nitrogens is 1. The second-order valence-electron chi connectivity index (χ2n) is 6.92. The van der Waals surface area contributed by atoms with Crippen LogP contribution in [0.5, 0.6) is 17.2 Å². The number of hydrogen-bond donors (Lipinski definition) is 2. The Morgan fingerprint density at radius 3 is 2.76 bits per heavy atom. The maximum atomic E-state index is 14.6. The lowest BCUT2D eigenvalue weighted by molar-refractivity contribution is 0.109. The van der Waals surface area contributed by atoms with Crippen LogP contribution in [0.2, 0.25) is 0 Å². The van der Waals surface area contributed by atoms with Gasteiger partial charge in [-0.25, -0.2) is 9.37 Å². The van der Waals surface area contributed by atoms with E-state index in [9.17, 15) is 13.9 Å². The fourth-order valence-corrected chi connectivity index (χ4v) is 3.85. The summed E-state index contributed by atoms with van der Waals surface area (Å²) in [5, 5.41) is 9.99. The maximum Gasteiger partial charge on any atom is 0.220 e. The number of aliphatic imine (C=N–C) groups is 1. The third kappa shape index (κ3) is 2.64. The van der Waals surface area contributed by atoms with Gasteiger partial charge < -0.3 is 20.3 Å². The van der Waals surface area contributed by atoms with Gasteiger partial charge in [-0.2, -0.15) is 4.39 Å². The van der Waals surface area contributed by atoms with E-state index >= 15 is 0 Å². The molecule has 1 atom stereocenters. The van der Waals surface area contributed by atoms with Gasteiger partial charge in [0.25, 0.3) is 0 Å². The summed E-state index contributed by atoms with van der Waals surface area (Å²) in [5.41, 5.74) is 6.38. The lowest BCUT2D eigenvalue weighted by atomic mass is 9.79. The average Bonchev–Trinajstić information content (AvgIpc) is 2.70. The minimum atomic E-state index is -1.24. The molecule has 2 aliphatic rings. The zero-order valence-corrected chi connectivity index (χ0v) is 15.0. The predicted octanol–water partition coefficient (Wildman–Crippen LogP) is 3.47. The van der Waals surface area contributed by atoms with E-state index in [0.29, 0.717) is 22.4 Å². The van der Waals surface area contributed by atoms with Gasteiger partial charge in [0.05, 0.1) is 6.61 Å². The van der Waals surface area contributed by atoms with Crippen LogP contribution in [0.1, 0.15) is 11.1 Å². The van der Waals surface area contributed by atoms with Crippen molar-refractivity contribution < 1.29 is 23.4 Å². The number of phenols is 1. The normalized spacial score (nSPS) is 19.9. The molecule has 5 rings (SSSR count). The van der Waals surface area contributed by atoms with E-state index in [4.69, 9.17) is 15.2 Å². The molecule has 1 aromatic heterocycles. The quantitative estimate of drug-likeness (QED) is 0.616. The van der Waals surface area contributed by atoms with Gasteiger partial charge in [0.15, 0.2) is 11.6 Å². The molecule has 0 bridgehead atoms. The Hall–Kier alpha value is -3.52. The first-order valence-corrected chi connectivity index (χ1v) is 8.86. The highest BCUT2D eigenvalue weighted by atomic mass is 19.1. The molecule has 146 valence electrons. The summed E-state index contributed by atoms with van der Waals surface area (Å²) >= 11 is 0. The molecule has 6 nitrogen and oxygen atoms in total. The number of pyridine rings is 1. The number of rotatable bonds is 1. The Kier molecular flexibility index (Phi) is 3.78. The maximum absolute atomic E-state index is 14.6. The van der Waals surface area contributed by atoms with Crippen LogP contribution in [0.15, 0.2) is 53.7 Å². The van der Waals surface area contributed by atoms with E-state index in [0.717, 1.165) is 6.07 Å². The number of nitrogens with two attached hydrogens (primary N) is 1. The summed E-state index contributed by atoms with van der Waals surface area (Å²) < 4.78 is 40.3. The van der Waals surface area contributed by atoms with Crippen LogP contribution in [-0.2, 0) is 10.3 Å². The number of ether oxygens (including phenoxy) is 2. The Morgan fingerprint density at radius 2 is 1.97 bits per heavy atom. The second kappa shape index (κ2) is 6.25. The largest absolute Gasteiger partial charge is 0.508 e. The van der Waals surface area contributed by atoms with E-state index in [1.165, 1.54) is 12.3 Å².